The number of fused-ring (bicyclic) bond motifs is 1. The van der Waals surface area contributed by atoms with Gasteiger partial charge in [0.25, 0.3) is 0 Å². The summed E-state index contributed by atoms with van der Waals surface area (Å²) in [7, 11) is 0. The predicted molar refractivity (Wildman–Crippen MR) is 129 cm³/mol. The molecule has 4 rings (SSSR count). The van der Waals surface area contributed by atoms with Crippen LogP contribution in [0, 0.1) is 0 Å². The summed E-state index contributed by atoms with van der Waals surface area (Å²) in [6.07, 6.45) is 0. The van der Waals surface area contributed by atoms with E-state index in [0.717, 1.165) is 5.56 Å². The zero-order valence-corrected chi connectivity index (χ0v) is 18.4. The molecule has 172 valence electrons. The Hall–Kier alpha value is -4.26. The zero-order valence-electron chi connectivity index (χ0n) is 18.4. The summed E-state index contributed by atoms with van der Waals surface area (Å²) < 4.78 is 23.3. The topological polar surface area (TPSA) is 107 Å². The number of hydrogen-bond donors (Lipinski definition) is 0. The first-order valence-corrected chi connectivity index (χ1v) is 10.8. The molecule has 0 atom stereocenters. The highest BCUT2D eigenvalue weighted by Crippen LogP contribution is 2.33. The van der Waals surface area contributed by atoms with Gasteiger partial charge in [-0.3, -0.25) is 4.79 Å². The molecule has 0 unspecified atom stereocenters. The summed E-state index contributed by atoms with van der Waals surface area (Å²) in [5, 5.41) is 3.87. The fourth-order valence-electron chi connectivity index (χ4n) is 3.37. The molecule has 8 nitrogen and oxygen atoms in total. The fraction of sp³-hybridized carbons (Fsp3) is 0.192. The second-order valence-electron chi connectivity index (χ2n) is 7.30. The fourth-order valence-corrected chi connectivity index (χ4v) is 3.37. The number of hydrogen-bond acceptors (Lipinski definition) is 6. The monoisotopic (exact) mass is 457 g/mol. The molecule has 0 aliphatic heterocycles. The number of para-hydroxylation sites is 1. The number of rotatable bonds is 11. The minimum atomic E-state index is -0.229. The van der Waals surface area contributed by atoms with Gasteiger partial charge in [0.05, 0.1) is 18.6 Å². The van der Waals surface area contributed by atoms with Crippen LogP contribution in [0.5, 0.6) is 11.5 Å². The third-order valence-corrected chi connectivity index (χ3v) is 4.97. The molecule has 0 amide bonds. The quantitative estimate of drug-likeness (QED) is 0.123. The van der Waals surface area contributed by atoms with E-state index < -0.39 is 0 Å². The van der Waals surface area contributed by atoms with Crippen molar-refractivity contribution in [3.05, 3.63) is 105 Å². The Morgan fingerprint density at radius 2 is 1.71 bits per heavy atom. The van der Waals surface area contributed by atoms with Crippen LogP contribution in [-0.4, -0.2) is 26.4 Å². The Morgan fingerprint density at radius 1 is 0.882 bits per heavy atom. The molecular weight excluding hydrogens is 434 g/mol. The first-order valence-electron chi connectivity index (χ1n) is 10.8. The number of ether oxygens (including phenoxy) is 3. The summed E-state index contributed by atoms with van der Waals surface area (Å²) in [6.45, 7) is 1.51. The lowest BCUT2D eigenvalue weighted by molar-refractivity contribution is 0.106. The van der Waals surface area contributed by atoms with Crippen molar-refractivity contribution in [2.24, 2.45) is 5.11 Å². The Labute approximate surface area is 195 Å². The van der Waals surface area contributed by atoms with Crippen LogP contribution < -0.4 is 14.9 Å². The summed E-state index contributed by atoms with van der Waals surface area (Å²) in [6, 6.07) is 24.0. The maximum atomic E-state index is 13.3. The van der Waals surface area contributed by atoms with Crippen LogP contribution >= 0.6 is 0 Å². The lowest BCUT2D eigenvalue weighted by Gasteiger charge is -2.13. The van der Waals surface area contributed by atoms with Crippen molar-refractivity contribution in [2.75, 3.05) is 26.4 Å². The third kappa shape index (κ3) is 5.75. The first kappa shape index (κ1) is 22.9. The van der Waals surface area contributed by atoms with Gasteiger partial charge in [0.2, 0.25) is 11.2 Å². The van der Waals surface area contributed by atoms with E-state index in [4.69, 9.17) is 24.2 Å². The molecular formula is C26H23N3O5. The van der Waals surface area contributed by atoms with Crippen LogP contribution in [0.2, 0.25) is 0 Å². The summed E-state index contributed by atoms with van der Waals surface area (Å²) in [5.41, 5.74) is 10.1. The Kier molecular flexibility index (Phi) is 7.79. The van der Waals surface area contributed by atoms with E-state index >= 15 is 0 Å². The number of benzene rings is 3. The standard InChI is InChI=1S/C26H23N3O5/c27-29-28-13-14-31-15-16-32-21-10-6-9-20(17-21)25-26(33-18-19-7-2-1-3-8-19)24(30)22-11-4-5-12-23(22)34-25/h1-12,17H,13-16,18H2. The molecule has 4 aromatic rings. The lowest BCUT2D eigenvalue weighted by Crippen LogP contribution is -2.10. The molecule has 0 saturated heterocycles. The smallest absolute Gasteiger partial charge is 0.235 e. The normalized spacial score (nSPS) is 10.6. The average Bonchev–Trinajstić information content (AvgIpc) is 2.88. The molecule has 0 bridgehead atoms. The van der Waals surface area contributed by atoms with Crippen molar-refractivity contribution in [1.29, 1.82) is 0 Å². The van der Waals surface area contributed by atoms with Gasteiger partial charge < -0.3 is 18.6 Å². The first-order chi connectivity index (χ1) is 16.8. The molecule has 3 aromatic carbocycles. The highest BCUT2D eigenvalue weighted by molar-refractivity contribution is 5.82. The van der Waals surface area contributed by atoms with Gasteiger partial charge in [-0.2, -0.15) is 0 Å². The highest BCUT2D eigenvalue weighted by Gasteiger charge is 2.18. The van der Waals surface area contributed by atoms with E-state index in [1.165, 1.54) is 0 Å². The molecule has 0 spiro atoms. The van der Waals surface area contributed by atoms with Gasteiger partial charge in [-0.05, 0) is 35.4 Å². The molecule has 0 radical (unpaired) electrons. The summed E-state index contributed by atoms with van der Waals surface area (Å²) >= 11 is 0. The largest absolute Gasteiger partial charge is 0.491 e. The van der Waals surface area contributed by atoms with Crippen LogP contribution in [0.15, 0.2) is 93.2 Å². The second kappa shape index (κ2) is 11.6. The van der Waals surface area contributed by atoms with Gasteiger partial charge in [0.15, 0.2) is 5.76 Å². The van der Waals surface area contributed by atoms with Crippen molar-refractivity contribution in [2.45, 2.75) is 6.61 Å². The molecule has 0 N–H and O–H groups in total. The Bertz CT molecular complexity index is 1350. The van der Waals surface area contributed by atoms with Gasteiger partial charge in [-0.15, -0.1) is 0 Å². The Balaban J connectivity index is 1.58. The minimum absolute atomic E-state index is 0.154. The van der Waals surface area contributed by atoms with E-state index in [2.05, 4.69) is 10.0 Å². The van der Waals surface area contributed by atoms with Crippen LogP contribution in [0.3, 0.4) is 0 Å². The Morgan fingerprint density at radius 3 is 2.56 bits per heavy atom. The number of nitrogens with zero attached hydrogens (tertiary/aromatic N) is 3. The van der Waals surface area contributed by atoms with E-state index in [0.29, 0.717) is 47.9 Å². The molecule has 1 heterocycles. The van der Waals surface area contributed by atoms with E-state index in [1.807, 2.05) is 54.6 Å². The predicted octanol–water partition coefficient (Wildman–Crippen LogP) is 5.74. The van der Waals surface area contributed by atoms with Gasteiger partial charge >= 0.3 is 0 Å². The molecule has 1 aromatic heterocycles. The zero-order chi connectivity index (χ0) is 23.6. The van der Waals surface area contributed by atoms with Gasteiger partial charge in [-0.1, -0.05) is 59.7 Å². The second-order valence-corrected chi connectivity index (χ2v) is 7.30. The SMILES string of the molecule is [N-]=[N+]=NCCOCCOc1cccc(-c2oc3ccccc3c(=O)c2OCc2ccccc2)c1. The van der Waals surface area contributed by atoms with Crippen molar-refractivity contribution in [3.8, 4) is 22.8 Å². The highest BCUT2D eigenvalue weighted by atomic mass is 16.5. The van der Waals surface area contributed by atoms with E-state index in [9.17, 15) is 4.79 Å². The van der Waals surface area contributed by atoms with Crippen LogP contribution in [0.25, 0.3) is 32.7 Å². The molecule has 0 saturated carbocycles. The van der Waals surface area contributed by atoms with Crippen molar-refractivity contribution < 1.29 is 18.6 Å². The van der Waals surface area contributed by atoms with Crippen molar-refractivity contribution in [3.63, 3.8) is 0 Å². The van der Waals surface area contributed by atoms with Crippen LogP contribution in [-0.2, 0) is 11.3 Å². The number of azide groups is 1. The lowest BCUT2D eigenvalue weighted by atomic mass is 10.1. The molecule has 8 heteroatoms. The molecule has 0 aliphatic carbocycles. The van der Waals surface area contributed by atoms with Crippen molar-refractivity contribution in [1.82, 2.24) is 0 Å². The molecule has 0 aliphatic rings. The van der Waals surface area contributed by atoms with Gasteiger partial charge in [0.1, 0.15) is 24.5 Å². The molecule has 34 heavy (non-hydrogen) atoms. The van der Waals surface area contributed by atoms with E-state index in [1.54, 1.807) is 24.3 Å². The maximum absolute atomic E-state index is 13.3. The van der Waals surface area contributed by atoms with Crippen LogP contribution in [0.4, 0.5) is 0 Å². The third-order valence-electron chi connectivity index (χ3n) is 4.97. The van der Waals surface area contributed by atoms with Gasteiger partial charge in [0, 0.05) is 17.0 Å². The van der Waals surface area contributed by atoms with E-state index in [-0.39, 0.29) is 24.3 Å². The summed E-state index contributed by atoms with van der Waals surface area (Å²) in [5.74, 6) is 1.10. The average molecular weight is 457 g/mol. The maximum Gasteiger partial charge on any atom is 0.235 e. The van der Waals surface area contributed by atoms with Crippen LogP contribution in [0.1, 0.15) is 5.56 Å². The minimum Gasteiger partial charge on any atom is -0.491 e. The molecule has 0 fully saturated rings. The van der Waals surface area contributed by atoms with Crippen molar-refractivity contribution >= 4 is 11.0 Å². The summed E-state index contributed by atoms with van der Waals surface area (Å²) in [4.78, 5) is 16.0. The van der Waals surface area contributed by atoms with Gasteiger partial charge in [-0.25, -0.2) is 0 Å².